The second-order valence-corrected chi connectivity index (χ2v) is 3.09. The van der Waals surface area contributed by atoms with Crippen LogP contribution >= 0.6 is 0 Å². The van der Waals surface area contributed by atoms with Crippen LogP contribution in [-0.4, -0.2) is 17.4 Å². The Kier molecular flexibility index (Phi) is 3.40. The molecule has 14 heavy (non-hydrogen) atoms. The van der Waals surface area contributed by atoms with E-state index in [1.54, 1.807) is 18.2 Å². The molecule has 0 spiro atoms. The van der Waals surface area contributed by atoms with E-state index < -0.39 is 5.97 Å². The molecule has 0 aliphatic carbocycles. The normalized spacial score (nSPS) is 9.79. The molecule has 0 amide bonds. The van der Waals surface area contributed by atoms with Crippen LogP contribution < -0.4 is 0 Å². The minimum Gasteiger partial charge on any atom is -0.478 e. The molecule has 0 fully saturated rings. The number of hydrogen-bond donors (Lipinski definition) is 1. The molecule has 0 radical (unpaired) electrons. The number of rotatable bonds is 4. The van der Waals surface area contributed by atoms with Crippen LogP contribution in [-0.2, 0) is 6.42 Å². The van der Waals surface area contributed by atoms with Gasteiger partial charge in [0.05, 0.1) is 5.56 Å². The Balaban J connectivity index is 3.13. The maximum atomic E-state index is 10.8. The predicted molar refractivity (Wildman–Crippen MR) is 52.8 cm³/mol. The third-order valence-corrected chi connectivity index (χ3v) is 2.01. The van der Waals surface area contributed by atoms with E-state index in [0.717, 1.165) is 18.4 Å². The molecule has 1 aromatic rings. The van der Waals surface area contributed by atoms with Gasteiger partial charge in [0, 0.05) is 5.56 Å². The fraction of sp³-hybridized carbons (Fsp3) is 0.273. The maximum Gasteiger partial charge on any atom is 0.336 e. The summed E-state index contributed by atoms with van der Waals surface area (Å²) in [6, 6.07) is 4.91. The second-order valence-electron chi connectivity index (χ2n) is 3.09. The summed E-state index contributed by atoms with van der Waals surface area (Å²) in [4.78, 5) is 21.3. The number of hydrogen-bond acceptors (Lipinski definition) is 2. The molecule has 74 valence electrons. The average molecular weight is 192 g/mol. The second kappa shape index (κ2) is 4.56. The third-order valence-electron chi connectivity index (χ3n) is 2.01. The van der Waals surface area contributed by atoms with Crippen molar-refractivity contribution in [2.24, 2.45) is 0 Å². The lowest BCUT2D eigenvalue weighted by atomic mass is 10.0. The lowest BCUT2D eigenvalue weighted by Gasteiger charge is -2.03. The van der Waals surface area contributed by atoms with Crippen LogP contribution in [0.25, 0.3) is 0 Å². The van der Waals surface area contributed by atoms with Gasteiger partial charge in [0.1, 0.15) is 0 Å². The van der Waals surface area contributed by atoms with E-state index in [2.05, 4.69) is 0 Å². The molecule has 1 N–H and O–H groups in total. The molecule has 0 aliphatic heterocycles. The first kappa shape index (κ1) is 10.4. The average Bonchev–Trinajstić information content (AvgIpc) is 2.18. The number of aldehydes is 1. The van der Waals surface area contributed by atoms with Crippen LogP contribution in [0.4, 0.5) is 0 Å². The van der Waals surface area contributed by atoms with E-state index in [9.17, 15) is 9.59 Å². The lowest BCUT2D eigenvalue weighted by molar-refractivity contribution is 0.0694. The van der Waals surface area contributed by atoms with Crippen LogP contribution in [0.15, 0.2) is 18.2 Å². The largest absolute Gasteiger partial charge is 0.478 e. The van der Waals surface area contributed by atoms with Gasteiger partial charge < -0.3 is 5.11 Å². The van der Waals surface area contributed by atoms with E-state index in [0.29, 0.717) is 6.29 Å². The monoisotopic (exact) mass is 192 g/mol. The summed E-state index contributed by atoms with van der Waals surface area (Å²) in [6.07, 6.45) is 2.36. The molecule has 0 heterocycles. The Labute approximate surface area is 82.4 Å². The molecule has 1 aromatic carbocycles. The highest BCUT2D eigenvalue weighted by atomic mass is 16.4. The van der Waals surface area contributed by atoms with Crippen molar-refractivity contribution in [3.05, 3.63) is 34.9 Å². The van der Waals surface area contributed by atoms with Crippen LogP contribution in [0, 0.1) is 0 Å². The highest BCUT2D eigenvalue weighted by molar-refractivity contribution is 5.97. The molecular formula is C11H12O3. The topological polar surface area (TPSA) is 54.4 Å². The Morgan fingerprint density at radius 3 is 2.71 bits per heavy atom. The first-order valence-corrected chi connectivity index (χ1v) is 4.50. The van der Waals surface area contributed by atoms with Crippen LogP contribution in [0.5, 0.6) is 0 Å². The zero-order chi connectivity index (χ0) is 10.6. The molecule has 0 atom stereocenters. The van der Waals surface area contributed by atoms with Gasteiger partial charge in [-0.15, -0.1) is 0 Å². The minimum absolute atomic E-state index is 0.0888. The molecule has 3 heteroatoms. The highest BCUT2D eigenvalue weighted by Crippen LogP contribution is 2.12. The number of carbonyl (C=O) groups excluding carboxylic acids is 1. The molecule has 0 saturated heterocycles. The fourth-order valence-electron chi connectivity index (χ4n) is 1.34. The summed E-state index contributed by atoms with van der Waals surface area (Å²) in [7, 11) is 0. The Morgan fingerprint density at radius 1 is 1.50 bits per heavy atom. The summed E-state index contributed by atoms with van der Waals surface area (Å²) in [6.45, 7) is 2.02. The standard InChI is InChI=1S/C11H12O3/c1-2-3-8-4-5-9(7-12)10(6-8)11(13)14/h4-7H,2-3H2,1H3,(H,13,14). The maximum absolute atomic E-state index is 10.8. The zero-order valence-corrected chi connectivity index (χ0v) is 7.99. The van der Waals surface area contributed by atoms with Crippen molar-refractivity contribution in [1.29, 1.82) is 0 Å². The Hall–Kier alpha value is -1.64. The van der Waals surface area contributed by atoms with Gasteiger partial charge in [0.25, 0.3) is 0 Å². The van der Waals surface area contributed by atoms with Crippen LogP contribution in [0.2, 0.25) is 0 Å². The third kappa shape index (κ3) is 2.19. The highest BCUT2D eigenvalue weighted by Gasteiger charge is 2.09. The number of carbonyl (C=O) groups is 2. The molecule has 0 saturated carbocycles. The number of aryl methyl sites for hydroxylation is 1. The number of carboxylic acid groups (broad SMARTS) is 1. The zero-order valence-electron chi connectivity index (χ0n) is 7.99. The molecule has 0 aliphatic rings. The molecule has 0 unspecified atom stereocenters. The number of carboxylic acids is 1. The van der Waals surface area contributed by atoms with E-state index in [4.69, 9.17) is 5.11 Å². The predicted octanol–water partition coefficient (Wildman–Crippen LogP) is 2.15. The number of aromatic carboxylic acids is 1. The molecule has 0 aromatic heterocycles. The number of benzene rings is 1. The van der Waals surface area contributed by atoms with Crippen molar-refractivity contribution in [2.75, 3.05) is 0 Å². The van der Waals surface area contributed by atoms with Gasteiger partial charge in [0.15, 0.2) is 6.29 Å². The summed E-state index contributed by atoms with van der Waals surface area (Å²) in [5.41, 5.74) is 1.28. The van der Waals surface area contributed by atoms with Gasteiger partial charge in [-0.25, -0.2) is 4.79 Å². The van der Waals surface area contributed by atoms with Crippen molar-refractivity contribution in [3.8, 4) is 0 Å². The van der Waals surface area contributed by atoms with Gasteiger partial charge in [-0.1, -0.05) is 25.5 Å². The van der Waals surface area contributed by atoms with E-state index >= 15 is 0 Å². The van der Waals surface area contributed by atoms with Crippen molar-refractivity contribution in [3.63, 3.8) is 0 Å². The lowest BCUT2D eigenvalue weighted by Crippen LogP contribution is -2.02. The summed E-state index contributed by atoms with van der Waals surface area (Å²) < 4.78 is 0. The Bertz CT molecular complexity index is 356. The summed E-state index contributed by atoms with van der Waals surface area (Å²) in [5.74, 6) is -1.05. The van der Waals surface area contributed by atoms with Crippen molar-refractivity contribution < 1.29 is 14.7 Å². The minimum atomic E-state index is -1.05. The van der Waals surface area contributed by atoms with Crippen molar-refractivity contribution >= 4 is 12.3 Å². The molecule has 0 bridgehead atoms. The smallest absolute Gasteiger partial charge is 0.336 e. The first-order chi connectivity index (χ1) is 6.69. The van der Waals surface area contributed by atoms with E-state index in [1.165, 1.54) is 0 Å². The van der Waals surface area contributed by atoms with E-state index in [1.807, 2.05) is 6.92 Å². The van der Waals surface area contributed by atoms with Gasteiger partial charge in [0.2, 0.25) is 0 Å². The molecule has 3 nitrogen and oxygen atoms in total. The SMILES string of the molecule is CCCc1ccc(C=O)c(C(=O)O)c1. The van der Waals surface area contributed by atoms with Crippen molar-refractivity contribution in [2.45, 2.75) is 19.8 Å². The van der Waals surface area contributed by atoms with Gasteiger partial charge in [-0.05, 0) is 18.1 Å². The van der Waals surface area contributed by atoms with Crippen LogP contribution in [0.3, 0.4) is 0 Å². The Morgan fingerprint density at radius 2 is 2.21 bits per heavy atom. The van der Waals surface area contributed by atoms with Gasteiger partial charge >= 0.3 is 5.97 Å². The quantitative estimate of drug-likeness (QED) is 0.743. The van der Waals surface area contributed by atoms with Gasteiger partial charge in [-0.3, -0.25) is 4.79 Å². The van der Waals surface area contributed by atoms with Gasteiger partial charge in [-0.2, -0.15) is 0 Å². The fourth-order valence-corrected chi connectivity index (χ4v) is 1.34. The molecular weight excluding hydrogens is 180 g/mol. The van der Waals surface area contributed by atoms with E-state index in [-0.39, 0.29) is 11.1 Å². The van der Waals surface area contributed by atoms with Crippen molar-refractivity contribution in [1.82, 2.24) is 0 Å². The first-order valence-electron chi connectivity index (χ1n) is 4.50. The molecule has 1 rings (SSSR count). The van der Waals surface area contributed by atoms with Crippen LogP contribution in [0.1, 0.15) is 39.6 Å². The summed E-state index contributed by atoms with van der Waals surface area (Å²) in [5, 5.41) is 8.83. The summed E-state index contributed by atoms with van der Waals surface area (Å²) >= 11 is 0.